The van der Waals surface area contributed by atoms with Crippen LogP contribution < -0.4 is 5.32 Å². The molecule has 0 radical (unpaired) electrons. The van der Waals surface area contributed by atoms with Crippen molar-refractivity contribution >= 4 is 11.5 Å². The van der Waals surface area contributed by atoms with Crippen molar-refractivity contribution < 1.29 is 9.72 Å². The molecule has 1 rings (SSSR count). The molecule has 1 aromatic rings. The van der Waals surface area contributed by atoms with Gasteiger partial charge in [0.1, 0.15) is 6.20 Å². The van der Waals surface area contributed by atoms with E-state index in [0.29, 0.717) is 0 Å². The number of aryl methyl sites for hydroxylation is 1. The molecule has 0 aliphatic rings. The van der Waals surface area contributed by atoms with Gasteiger partial charge in [0.25, 0.3) is 0 Å². The first-order valence-electron chi connectivity index (χ1n) is 3.92. The van der Waals surface area contributed by atoms with E-state index >= 15 is 0 Å². The minimum absolute atomic E-state index is 0.0179. The average Bonchev–Trinajstić information content (AvgIpc) is 2.47. The van der Waals surface area contributed by atoms with Gasteiger partial charge in [0.15, 0.2) is 5.69 Å². The van der Waals surface area contributed by atoms with E-state index < -0.39 is 4.92 Å². The summed E-state index contributed by atoms with van der Waals surface area (Å²) in [5.41, 5.74) is -0.239. The number of ketones is 1. The van der Waals surface area contributed by atoms with Crippen molar-refractivity contribution in [1.29, 1.82) is 0 Å². The molecule has 7 nitrogen and oxygen atoms in total. The molecule has 0 aliphatic carbocycles. The van der Waals surface area contributed by atoms with Gasteiger partial charge in [0.05, 0.1) is 11.5 Å². The Kier molecular flexibility index (Phi) is 2.92. The second-order valence-corrected chi connectivity index (χ2v) is 2.71. The smallest absolute Gasteiger partial charge is 0.313 e. The van der Waals surface area contributed by atoms with Crippen LogP contribution in [0.15, 0.2) is 6.20 Å². The molecule has 1 heterocycles. The summed E-state index contributed by atoms with van der Waals surface area (Å²) >= 11 is 0. The average molecular weight is 198 g/mol. The number of nitrogens with one attached hydrogen (secondary N) is 1. The zero-order valence-corrected chi connectivity index (χ0v) is 7.85. The highest BCUT2D eigenvalue weighted by Gasteiger charge is 2.24. The standard InChI is InChI=1S/C7H10N4O3/c1-8-4-6(12)7-5(11(13)14)3-9-10(7)2/h3,8H,4H2,1-2H3. The van der Waals surface area contributed by atoms with Gasteiger partial charge in [-0.25, -0.2) is 0 Å². The number of rotatable bonds is 4. The second-order valence-electron chi connectivity index (χ2n) is 2.71. The first kappa shape index (κ1) is 10.3. The highest BCUT2D eigenvalue weighted by Crippen LogP contribution is 2.16. The van der Waals surface area contributed by atoms with Crippen molar-refractivity contribution in [2.24, 2.45) is 7.05 Å². The Labute approximate surface area is 79.9 Å². The minimum atomic E-state index is -0.615. The zero-order chi connectivity index (χ0) is 10.7. The maximum atomic E-state index is 11.4. The van der Waals surface area contributed by atoms with Gasteiger partial charge in [-0.2, -0.15) is 5.10 Å². The lowest BCUT2D eigenvalue weighted by Gasteiger charge is -1.99. The Balaban J connectivity index is 3.11. The minimum Gasteiger partial charge on any atom is -0.313 e. The third-order valence-corrected chi connectivity index (χ3v) is 1.72. The third kappa shape index (κ3) is 1.77. The number of nitro groups is 1. The van der Waals surface area contributed by atoms with Crippen LogP contribution in [0.1, 0.15) is 10.5 Å². The maximum Gasteiger partial charge on any atom is 0.318 e. The molecular formula is C7H10N4O3. The van der Waals surface area contributed by atoms with E-state index in [4.69, 9.17) is 0 Å². The molecule has 14 heavy (non-hydrogen) atoms. The van der Waals surface area contributed by atoms with E-state index in [-0.39, 0.29) is 23.7 Å². The summed E-state index contributed by atoms with van der Waals surface area (Å²) in [7, 11) is 3.09. The van der Waals surface area contributed by atoms with Crippen LogP contribution in [-0.2, 0) is 7.05 Å². The van der Waals surface area contributed by atoms with Crippen LogP contribution in [0, 0.1) is 10.1 Å². The molecule has 0 spiro atoms. The van der Waals surface area contributed by atoms with Crippen LogP contribution in [0.4, 0.5) is 5.69 Å². The molecule has 0 atom stereocenters. The number of Topliss-reactive ketones (excluding diaryl/α,β-unsaturated/α-hetero) is 1. The summed E-state index contributed by atoms with van der Waals surface area (Å²) in [6.07, 6.45) is 1.07. The van der Waals surface area contributed by atoms with Crippen molar-refractivity contribution in [3.8, 4) is 0 Å². The van der Waals surface area contributed by atoms with Gasteiger partial charge in [-0.1, -0.05) is 0 Å². The number of aromatic nitrogens is 2. The highest BCUT2D eigenvalue weighted by molar-refractivity contribution is 5.99. The largest absolute Gasteiger partial charge is 0.318 e. The summed E-state index contributed by atoms with van der Waals surface area (Å²) in [6.45, 7) is 0.0559. The van der Waals surface area contributed by atoms with Gasteiger partial charge in [-0.15, -0.1) is 0 Å². The molecule has 0 aromatic carbocycles. The van der Waals surface area contributed by atoms with Crippen LogP contribution in [0.25, 0.3) is 0 Å². The molecule has 0 bridgehead atoms. The maximum absolute atomic E-state index is 11.4. The summed E-state index contributed by atoms with van der Waals surface area (Å²) in [5, 5.41) is 16.8. The zero-order valence-electron chi connectivity index (χ0n) is 7.85. The van der Waals surface area contributed by atoms with Gasteiger partial charge in [-0.3, -0.25) is 19.6 Å². The Bertz CT molecular complexity index is 371. The normalized spacial score (nSPS) is 10.1. The van der Waals surface area contributed by atoms with E-state index in [9.17, 15) is 14.9 Å². The predicted molar refractivity (Wildman–Crippen MR) is 48.1 cm³/mol. The number of hydrogen-bond donors (Lipinski definition) is 1. The summed E-state index contributed by atoms with van der Waals surface area (Å²) in [4.78, 5) is 21.3. The van der Waals surface area contributed by atoms with Crippen LogP contribution in [0.3, 0.4) is 0 Å². The van der Waals surface area contributed by atoms with Crippen LogP contribution in [-0.4, -0.2) is 34.1 Å². The molecular weight excluding hydrogens is 188 g/mol. The molecule has 0 amide bonds. The molecule has 76 valence electrons. The molecule has 0 unspecified atom stereocenters. The van der Waals surface area contributed by atoms with Crippen LogP contribution in [0.5, 0.6) is 0 Å². The van der Waals surface area contributed by atoms with E-state index in [2.05, 4.69) is 10.4 Å². The van der Waals surface area contributed by atoms with Crippen molar-refractivity contribution in [3.63, 3.8) is 0 Å². The number of carbonyl (C=O) groups excluding carboxylic acids is 1. The quantitative estimate of drug-likeness (QED) is 0.408. The fourth-order valence-corrected chi connectivity index (χ4v) is 1.13. The summed E-state index contributed by atoms with van der Waals surface area (Å²) in [5.74, 6) is -0.348. The van der Waals surface area contributed by atoms with Crippen molar-refractivity contribution in [1.82, 2.24) is 15.1 Å². The lowest BCUT2D eigenvalue weighted by Crippen LogP contribution is -2.21. The van der Waals surface area contributed by atoms with Crippen LogP contribution in [0.2, 0.25) is 0 Å². The van der Waals surface area contributed by atoms with Crippen molar-refractivity contribution in [2.75, 3.05) is 13.6 Å². The Hall–Kier alpha value is -1.76. The van der Waals surface area contributed by atoms with E-state index in [1.54, 1.807) is 7.05 Å². The molecule has 7 heteroatoms. The number of nitrogens with zero attached hydrogens (tertiary/aromatic N) is 3. The summed E-state index contributed by atoms with van der Waals surface area (Å²) < 4.78 is 1.21. The monoisotopic (exact) mass is 198 g/mol. The van der Waals surface area contributed by atoms with Gasteiger partial charge >= 0.3 is 5.69 Å². The number of hydrogen-bond acceptors (Lipinski definition) is 5. The Morgan fingerprint density at radius 1 is 1.79 bits per heavy atom. The lowest BCUT2D eigenvalue weighted by molar-refractivity contribution is -0.385. The van der Waals surface area contributed by atoms with Gasteiger partial charge in [0, 0.05) is 7.05 Å². The molecule has 1 N–H and O–H groups in total. The number of carbonyl (C=O) groups is 1. The molecule has 1 aromatic heterocycles. The fraction of sp³-hybridized carbons (Fsp3) is 0.429. The molecule has 0 saturated heterocycles. The Morgan fingerprint density at radius 2 is 2.43 bits per heavy atom. The van der Waals surface area contributed by atoms with E-state index in [1.807, 2.05) is 0 Å². The van der Waals surface area contributed by atoms with Gasteiger partial charge in [0.2, 0.25) is 5.78 Å². The van der Waals surface area contributed by atoms with E-state index in [1.165, 1.54) is 11.7 Å². The topological polar surface area (TPSA) is 90.1 Å². The lowest BCUT2D eigenvalue weighted by atomic mass is 10.2. The Morgan fingerprint density at radius 3 is 2.93 bits per heavy atom. The third-order valence-electron chi connectivity index (χ3n) is 1.72. The van der Waals surface area contributed by atoms with Gasteiger partial charge in [-0.05, 0) is 7.05 Å². The summed E-state index contributed by atoms with van der Waals surface area (Å²) in [6, 6.07) is 0. The molecule has 0 saturated carbocycles. The van der Waals surface area contributed by atoms with Crippen molar-refractivity contribution in [2.45, 2.75) is 0 Å². The SMILES string of the molecule is CNCC(=O)c1c([N+](=O)[O-])cnn1C. The highest BCUT2D eigenvalue weighted by atomic mass is 16.6. The first-order valence-corrected chi connectivity index (χ1v) is 3.92. The van der Waals surface area contributed by atoms with Crippen molar-refractivity contribution in [3.05, 3.63) is 22.0 Å². The first-order chi connectivity index (χ1) is 6.57. The van der Waals surface area contributed by atoms with Crippen LogP contribution >= 0.6 is 0 Å². The predicted octanol–water partition coefficient (Wildman–Crippen LogP) is -0.270. The molecule has 0 fully saturated rings. The van der Waals surface area contributed by atoms with E-state index in [0.717, 1.165) is 6.20 Å². The second kappa shape index (κ2) is 3.97. The number of likely N-dealkylation sites (N-methyl/N-ethyl adjacent to an activating group) is 1. The molecule has 0 aliphatic heterocycles. The van der Waals surface area contributed by atoms with Gasteiger partial charge < -0.3 is 5.32 Å². The fourth-order valence-electron chi connectivity index (χ4n) is 1.13.